The number of carbonyl (C=O) groups excluding carboxylic acids is 1. The number of nitrogens with zero attached hydrogens (tertiary/aromatic N) is 2. The van der Waals surface area contributed by atoms with Gasteiger partial charge in [-0.3, -0.25) is 4.79 Å². The standard InChI is InChI=1S/C12H9BrN2OS/c1-7-3-10(6-16)8(2)15(7)12-9(5-14)4-11(13)17-12/h3-4,6H,1-2H3. The van der Waals surface area contributed by atoms with Crippen molar-refractivity contribution in [2.75, 3.05) is 0 Å². The van der Waals surface area contributed by atoms with Crippen LogP contribution in [0.25, 0.3) is 5.00 Å². The SMILES string of the molecule is Cc1cc(C=O)c(C)n1-c1sc(Br)cc1C#N. The maximum Gasteiger partial charge on any atom is 0.151 e. The molecule has 0 spiro atoms. The van der Waals surface area contributed by atoms with E-state index in [1.807, 2.05) is 24.5 Å². The molecule has 86 valence electrons. The minimum atomic E-state index is 0.612. The van der Waals surface area contributed by atoms with Gasteiger partial charge in [0.25, 0.3) is 0 Å². The first kappa shape index (κ1) is 12.1. The van der Waals surface area contributed by atoms with Gasteiger partial charge >= 0.3 is 0 Å². The van der Waals surface area contributed by atoms with Gasteiger partial charge in [-0.1, -0.05) is 0 Å². The van der Waals surface area contributed by atoms with Crippen LogP contribution in [0.5, 0.6) is 0 Å². The molecule has 0 aliphatic carbocycles. The van der Waals surface area contributed by atoms with Crippen LogP contribution in [0.3, 0.4) is 0 Å². The number of aryl methyl sites for hydroxylation is 1. The fourth-order valence-corrected chi connectivity index (χ4v) is 3.45. The smallest absolute Gasteiger partial charge is 0.151 e. The molecule has 0 unspecified atom stereocenters. The highest BCUT2D eigenvalue weighted by molar-refractivity contribution is 9.11. The second-order valence-corrected chi connectivity index (χ2v) is 6.07. The lowest BCUT2D eigenvalue weighted by molar-refractivity contribution is 0.112. The molecular formula is C12H9BrN2OS. The van der Waals surface area contributed by atoms with Gasteiger partial charge in [0.15, 0.2) is 6.29 Å². The number of aldehydes is 1. The van der Waals surface area contributed by atoms with Crippen LogP contribution in [0.15, 0.2) is 15.9 Å². The summed E-state index contributed by atoms with van der Waals surface area (Å²) in [5.74, 6) is 0. The number of carbonyl (C=O) groups is 1. The summed E-state index contributed by atoms with van der Waals surface area (Å²) < 4.78 is 2.85. The summed E-state index contributed by atoms with van der Waals surface area (Å²) in [6, 6.07) is 5.79. The molecule has 3 nitrogen and oxygen atoms in total. The van der Waals surface area contributed by atoms with Crippen molar-refractivity contribution in [3.63, 3.8) is 0 Å². The Bertz CT molecular complexity index is 634. The normalized spacial score (nSPS) is 10.2. The summed E-state index contributed by atoms with van der Waals surface area (Å²) in [4.78, 5) is 10.9. The second kappa shape index (κ2) is 4.47. The third-order valence-electron chi connectivity index (χ3n) is 2.60. The van der Waals surface area contributed by atoms with Gasteiger partial charge in [0.05, 0.1) is 9.35 Å². The molecule has 0 radical (unpaired) electrons. The molecule has 0 aromatic carbocycles. The lowest BCUT2D eigenvalue weighted by atomic mass is 10.3. The van der Waals surface area contributed by atoms with E-state index in [1.54, 1.807) is 6.07 Å². The molecule has 0 fully saturated rings. The number of rotatable bonds is 2. The van der Waals surface area contributed by atoms with Crippen molar-refractivity contribution in [3.05, 3.63) is 38.4 Å². The summed E-state index contributed by atoms with van der Waals surface area (Å²) in [6.07, 6.45) is 0.841. The molecule has 2 rings (SSSR count). The van der Waals surface area contributed by atoms with Crippen molar-refractivity contribution < 1.29 is 4.79 Å². The summed E-state index contributed by atoms with van der Waals surface area (Å²) in [5.41, 5.74) is 3.09. The van der Waals surface area contributed by atoms with E-state index in [0.29, 0.717) is 11.1 Å². The fraction of sp³-hybridized carbons (Fsp3) is 0.167. The molecule has 17 heavy (non-hydrogen) atoms. The van der Waals surface area contributed by atoms with E-state index in [-0.39, 0.29) is 0 Å². The molecule has 0 N–H and O–H groups in total. The van der Waals surface area contributed by atoms with Gasteiger partial charge < -0.3 is 4.57 Å². The van der Waals surface area contributed by atoms with Gasteiger partial charge in [0.1, 0.15) is 11.1 Å². The molecule has 0 aliphatic heterocycles. The van der Waals surface area contributed by atoms with Crippen molar-refractivity contribution in [1.82, 2.24) is 4.57 Å². The van der Waals surface area contributed by atoms with E-state index in [4.69, 9.17) is 5.26 Å². The maximum absolute atomic E-state index is 10.9. The maximum atomic E-state index is 10.9. The van der Waals surface area contributed by atoms with Crippen LogP contribution in [0, 0.1) is 25.2 Å². The number of hydrogen-bond donors (Lipinski definition) is 0. The summed E-state index contributed by atoms with van der Waals surface area (Å²) in [7, 11) is 0. The highest BCUT2D eigenvalue weighted by atomic mass is 79.9. The molecule has 5 heteroatoms. The predicted molar refractivity (Wildman–Crippen MR) is 70.9 cm³/mol. The van der Waals surface area contributed by atoms with Gasteiger partial charge in [0, 0.05) is 17.0 Å². The Balaban J connectivity index is 2.72. The average Bonchev–Trinajstić information content (AvgIpc) is 2.79. The second-order valence-electron chi connectivity index (χ2n) is 3.66. The van der Waals surface area contributed by atoms with E-state index in [2.05, 4.69) is 22.0 Å². The van der Waals surface area contributed by atoms with Crippen molar-refractivity contribution in [2.24, 2.45) is 0 Å². The Morgan fingerprint density at radius 3 is 2.71 bits per heavy atom. The van der Waals surface area contributed by atoms with Gasteiger partial charge in [-0.05, 0) is 41.9 Å². The molecule has 0 aliphatic rings. The largest absolute Gasteiger partial charge is 0.308 e. The van der Waals surface area contributed by atoms with E-state index in [0.717, 1.165) is 26.5 Å². The van der Waals surface area contributed by atoms with E-state index in [9.17, 15) is 4.79 Å². The molecule has 2 aromatic heterocycles. The Kier molecular flexibility index (Phi) is 3.18. The Hall–Kier alpha value is -1.38. The molecule has 2 aromatic rings. The first-order chi connectivity index (χ1) is 8.08. The Labute approximate surface area is 111 Å². The van der Waals surface area contributed by atoms with Gasteiger partial charge in [0.2, 0.25) is 0 Å². The van der Waals surface area contributed by atoms with E-state index in [1.165, 1.54) is 11.3 Å². The summed E-state index contributed by atoms with van der Waals surface area (Å²) in [6.45, 7) is 3.81. The lowest BCUT2D eigenvalue weighted by Crippen LogP contribution is -1.98. The number of thiophene rings is 1. The topological polar surface area (TPSA) is 45.8 Å². The quantitative estimate of drug-likeness (QED) is 0.796. The predicted octanol–water partition coefficient (Wildman–Crippen LogP) is 3.60. The Morgan fingerprint density at radius 2 is 2.18 bits per heavy atom. The van der Waals surface area contributed by atoms with Crippen LogP contribution >= 0.6 is 27.3 Å². The zero-order valence-electron chi connectivity index (χ0n) is 9.32. The summed E-state index contributed by atoms with van der Waals surface area (Å²) in [5, 5.41) is 9.94. The van der Waals surface area contributed by atoms with Crippen LogP contribution < -0.4 is 0 Å². The summed E-state index contributed by atoms with van der Waals surface area (Å²) >= 11 is 4.86. The molecular weight excluding hydrogens is 300 g/mol. The average molecular weight is 309 g/mol. The molecule has 0 bridgehead atoms. The highest BCUT2D eigenvalue weighted by Crippen LogP contribution is 2.32. The first-order valence-electron chi connectivity index (χ1n) is 4.92. The van der Waals surface area contributed by atoms with Crippen molar-refractivity contribution in [2.45, 2.75) is 13.8 Å². The van der Waals surface area contributed by atoms with Crippen LogP contribution in [0.1, 0.15) is 27.3 Å². The van der Waals surface area contributed by atoms with Crippen LogP contribution in [-0.2, 0) is 0 Å². The first-order valence-corrected chi connectivity index (χ1v) is 6.53. The number of halogens is 1. The van der Waals surface area contributed by atoms with E-state index < -0.39 is 0 Å². The highest BCUT2D eigenvalue weighted by Gasteiger charge is 2.15. The molecule has 0 atom stereocenters. The molecule has 0 saturated carbocycles. The third-order valence-corrected chi connectivity index (χ3v) is 4.23. The zero-order valence-corrected chi connectivity index (χ0v) is 11.7. The van der Waals surface area contributed by atoms with Crippen LogP contribution in [-0.4, -0.2) is 10.9 Å². The van der Waals surface area contributed by atoms with Crippen molar-refractivity contribution >= 4 is 33.6 Å². The molecule has 2 heterocycles. The molecule has 0 amide bonds. The Morgan fingerprint density at radius 1 is 1.47 bits per heavy atom. The number of hydrogen-bond acceptors (Lipinski definition) is 3. The fourth-order valence-electron chi connectivity index (χ4n) is 1.82. The van der Waals surface area contributed by atoms with Crippen molar-refractivity contribution in [1.29, 1.82) is 5.26 Å². The van der Waals surface area contributed by atoms with Gasteiger partial charge in [-0.25, -0.2) is 0 Å². The minimum Gasteiger partial charge on any atom is -0.308 e. The van der Waals surface area contributed by atoms with Crippen LogP contribution in [0.4, 0.5) is 0 Å². The third kappa shape index (κ3) is 1.94. The van der Waals surface area contributed by atoms with Gasteiger partial charge in [-0.2, -0.15) is 5.26 Å². The van der Waals surface area contributed by atoms with Gasteiger partial charge in [-0.15, -0.1) is 11.3 Å². The van der Waals surface area contributed by atoms with Crippen LogP contribution in [0.2, 0.25) is 0 Å². The zero-order chi connectivity index (χ0) is 12.6. The van der Waals surface area contributed by atoms with E-state index >= 15 is 0 Å². The lowest BCUT2D eigenvalue weighted by Gasteiger charge is -2.06. The minimum absolute atomic E-state index is 0.612. The number of aromatic nitrogens is 1. The monoisotopic (exact) mass is 308 g/mol. The molecule has 0 saturated heterocycles. The number of nitriles is 1. The van der Waals surface area contributed by atoms with Crippen molar-refractivity contribution in [3.8, 4) is 11.1 Å².